The number of thiophene rings is 1. The van der Waals surface area contributed by atoms with Crippen LogP contribution in [0.2, 0.25) is 0 Å². The van der Waals surface area contributed by atoms with E-state index in [1.807, 2.05) is 0 Å². The van der Waals surface area contributed by atoms with Gasteiger partial charge in [0.25, 0.3) is 5.91 Å². The summed E-state index contributed by atoms with van der Waals surface area (Å²) in [6.07, 6.45) is 1.47. The van der Waals surface area contributed by atoms with E-state index in [-0.39, 0.29) is 0 Å². The largest absolute Gasteiger partial charge is 0.479 e. The number of carboxylic acids is 1. The van der Waals surface area contributed by atoms with Gasteiger partial charge >= 0.3 is 5.97 Å². The van der Waals surface area contributed by atoms with E-state index >= 15 is 0 Å². The van der Waals surface area contributed by atoms with Gasteiger partial charge in [-0.25, -0.2) is 9.78 Å². The third-order valence-electron chi connectivity index (χ3n) is 2.34. The van der Waals surface area contributed by atoms with E-state index in [4.69, 9.17) is 5.11 Å². The first-order valence-electron chi connectivity index (χ1n) is 5.26. The Hall–Kier alpha value is -1.73. The Balaban J connectivity index is 2.19. The smallest absolute Gasteiger partial charge is 0.331 e. The number of carbonyl (C=O) groups excluding carboxylic acids is 1. The molecule has 0 fully saturated rings. The first-order valence-corrected chi connectivity index (χ1v) is 6.94. The average Bonchev–Trinajstić information content (AvgIpc) is 2.88. The van der Waals surface area contributed by atoms with Gasteiger partial charge < -0.3 is 10.4 Å². The second-order valence-electron chi connectivity index (χ2n) is 3.63. The lowest BCUT2D eigenvalue weighted by Crippen LogP contribution is -2.33. The van der Waals surface area contributed by atoms with E-state index in [9.17, 15) is 9.59 Å². The number of pyridine rings is 1. The molecular weight excluding hydrogens is 332 g/mol. The summed E-state index contributed by atoms with van der Waals surface area (Å²) in [5, 5.41) is 13.4. The number of hydrogen-bond donors (Lipinski definition) is 2. The Morgan fingerprint density at radius 1 is 1.42 bits per heavy atom. The second kappa shape index (κ2) is 5.94. The highest BCUT2D eigenvalue weighted by molar-refractivity contribution is 9.10. The zero-order chi connectivity index (χ0) is 13.8. The van der Waals surface area contributed by atoms with Crippen molar-refractivity contribution in [2.45, 2.75) is 6.04 Å². The molecule has 0 radical (unpaired) electrons. The van der Waals surface area contributed by atoms with E-state index < -0.39 is 17.9 Å². The Morgan fingerprint density at radius 2 is 2.21 bits per heavy atom. The van der Waals surface area contributed by atoms with Crippen LogP contribution >= 0.6 is 27.3 Å². The number of hydrogen-bond acceptors (Lipinski definition) is 4. The molecule has 2 aromatic heterocycles. The molecule has 1 atom stereocenters. The molecule has 2 aromatic rings. The number of rotatable bonds is 4. The molecule has 0 aliphatic rings. The molecule has 7 heteroatoms. The molecule has 5 nitrogen and oxygen atoms in total. The quantitative estimate of drug-likeness (QED) is 0.838. The minimum Gasteiger partial charge on any atom is -0.479 e. The maximum Gasteiger partial charge on any atom is 0.331 e. The number of carbonyl (C=O) groups is 2. The Labute approximate surface area is 121 Å². The minimum atomic E-state index is -1.09. The molecule has 2 heterocycles. The van der Waals surface area contributed by atoms with E-state index in [0.29, 0.717) is 15.0 Å². The first-order chi connectivity index (χ1) is 9.08. The van der Waals surface area contributed by atoms with E-state index in [1.54, 1.807) is 17.5 Å². The van der Waals surface area contributed by atoms with Crippen LogP contribution in [-0.4, -0.2) is 22.0 Å². The van der Waals surface area contributed by atoms with Crippen molar-refractivity contribution >= 4 is 39.1 Å². The number of halogens is 1. The summed E-state index contributed by atoms with van der Waals surface area (Å²) >= 11 is 4.44. The molecule has 2 rings (SSSR count). The van der Waals surface area contributed by atoms with Crippen LogP contribution in [0.15, 0.2) is 40.4 Å². The summed E-state index contributed by atoms with van der Waals surface area (Å²) in [7, 11) is 0. The molecule has 19 heavy (non-hydrogen) atoms. The Bertz CT molecular complexity index is 601. The molecular formula is C12H9BrN2O3S. The molecule has 0 aliphatic carbocycles. The third-order valence-corrected chi connectivity index (χ3v) is 3.71. The summed E-state index contributed by atoms with van der Waals surface area (Å²) in [4.78, 5) is 27.7. The highest BCUT2D eigenvalue weighted by Crippen LogP contribution is 2.20. The van der Waals surface area contributed by atoms with Gasteiger partial charge in [-0.3, -0.25) is 4.79 Å². The molecule has 0 spiro atoms. The van der Waals surface area contributed by atoms with Crippen molar-refractivity contribution in [2.24, 2.45) is 0 Å². The minimum absolute atomic E-state index is 0.352. The van der Waals surface area contributed by atoms with Crippen LogP contribution in [0.3, 0.4) is 0 Å². The molecule has 0 aliphatic heterocycles. The lowest BCUT2D eigenvalue weighted by molar-refractivity contribution is -0.139. The normalized spacial score (nSPS) is 11.8. The number of carboxylic acid groups (broad SMARTS) is 1. The highest BCUT2D eigenvalue weighted by atomic mass is 79.9. The van der Waals surface area contributed by atoms with Crippen molar-refractivity contribution in [2.75, 3.05) is 0 Å². The van der Waals surface area contributed by atoms with Gasteiger partial charge in [0.2, 0.25) is 0 Å². The predicted molar refractivity (Wildman–Crippen MR) is 74.1 cm³/mol. The average molecular weight is 341 g/mol. The van der Waals surface area contributed by atoms with E-state index in [2.05, 4.69) is 26.2 Å². The number of amides is 1. The van der Waals surface area contributed by atoms with Crippen LogP contribution in [0.5, 0.6) is 0 Å². The van der Waals surface area contributed by atoms with E-state index in [1.165, 1.54) is 29.7 Å². The zero-order valence-corrected chi connectivity index (χ0v) is 11.9. The lowest BCUT2D eigenvalue weighted by Gasteiger charge is -2.12. The topological polar surface area (TPSA) is 79.3 Å². The number of aliphatic carboxylic acids is 1. The fourth-order valence-electron chi connectivity index (χ4n) is 1.47. The molecule has 0 aromatic carbocycles. The van der Waals surface area contributed by atoms with Gasteiger partial charge in [0.15, 0.2) is 6.04 Å². The lowest BCUT2D eigenvalue weighted by atomic mass is 10.2. The van der Waals surface area contributed by atoms with Crippen LogP contribution in [0.4, 0.5) is 0 Å². The van der Waals surface area contributed by atoms with Crippen LogP contribution in [0, 0.1) is 0 Å². The zero-order valence-electron chi connectivity index (χ0n) is 9.54. The molecule has 0 saturated carbocycles. The molecule has 0 saturated heterocycles. The van der Waals surface area contributed by atoms with Crippen molar-refractivity contribution in [3.05, 3.63) is 50.9 Å². The van der Waals surface area contributed by atoms with Gasteiger partial charge in [-0.1, -0.05) is 6.07 Å². The summed E-state index contributed by atoms with van der Waals surface area (Å²) in [5.41, 5.74) is 0.352. The fourth-order valence-corrected chi connectivity index (χ4v) is 2.60. The SMILES string of the molecule is O=C(NC(C(=O)O)c1cccs1)c1ccnc(Br)c1. The summed E-state index contributed by atoms with van der Waals surface area (Å²) in [5.74, 6) is -1.55. The Kier molecular flexibility index (Phi) is 4.28. The summed E-state index contributed by atoms with van der Waals surface area (Å²) in [6.45, 7) is 0. The molecule has 1 amide bonds. The predicted octanol–water partition coefficient (Wildman–Crippen LogP) is 2.46. The van der Waals surface area contributed by atoms with Crippen molar-refractivity contribution < 1.29 is 14.7 Å². The number of nitrogens with zero attached hydrogens (tertiary/aromatic N) is 1. The molecule has 98 valence electrons. The maximum atomic E-state index is 12.0. The molecule has 0 bridgehead atoms. The number of aromatic nitrogens is 1. The maximum absolute atomic E-state index is 12.0. The van der Waals surface area contributed by atoms with E-state index in [0.717, 1.165) is 0 Å². The van der Waals surface area contributed by atoms with Gasteiger partial charge in [-0.2, -0.15) is 0 Å². The standard InChI is InChI=1S/C12H9BrN2O3S/c13-9-6-7(3-4-14-9)11(16)15-10(12(17)18)8-2-1-5-19-8/h1-6,10H,(H,15,16)(H,17,18). The van der Waals surface area contributed by atoms with Gasteiger partial charge in [-0.15, -0.1) is 11.3 Å². The Morgan fingerprint density at radius 3 is 2.79 bits per heavy atom. The van der Waals surface area contributed by atoms with Crippen LogP contribution < -0.4 is 5.32 Å². The second-order valence-corrected chi connectivity index (χ2v) is 5.42. The van der Waals surface area contributed by atoms with Crippen molar-refractivity contribution in [3.8, 4) is 0 Å². The van der Waals surface area contributed by atoms with Gasteiger partial charge in [-0.05, 0) is 39.5 Å². The fraction of sp³-hybridized carbons (Fsp3) is 0.0833. The van der Waals surface area contributed by atoms with Gasteiger partial charge in [0.05, 0.1) is 0 Å². The van der Waals surface area contributed by atoms with Crippen LogP contribution in [0.1, 0.15) is 21.3 Å². The number of nitrogens with one attached hydrogen (secondary N) is 1. The first kappa shape index (κ1) is 13.7. The monoisotopic (exact) mass is 340 g/mol. The van der Waals surface area contributed by atoms with Gasteiger partial charge in [0, 0.05) is 16.6 Å². The third kappa shape index (κ3) is 3.39. The van der Waals surface area contributed by atoms with Crippen LogP contribution in [-0.2, 0) is 4.79 Å². The van der Waals surface area contributed by atoms with Crippen LogP contribution in [0.25, 0.3) is 0 Å². The van der Waals surface area contributed by atoms with Crippen molar-refractivity contribution in [1.82, 2.24) is 10.3 Å². The highest BCUT2D eigenvalue weighted by Gasteiger charge is 2.23. The molecule has 2 N–H and O–H groups in total. The molecule has 1 unspecified atom stereocenters. The summed E-state index contributed by atoms with van der Waals surface area (Å²) in [6, 6.07) is 5.42. The van der Waals surface area contributed by atoms with Crippen molar-refractivity contribution in [3.63, 3.8) is 0 Å². The van der Waals surface area contributed by atoms with Crippen molar-refractivity contribution in [1.29, 1.82) is 0 Å². The van der Waals surface area contributed by atoms with Gasteiger partial charge in [0.1, 0.15) is 4.60 Å². The summed E-state index contributed by atoms with van der Waals surface area (Å²) < 4.78 is 0.517.